The summed E-state index contributed by atoms with van der Waals surface area (Å²) in [7, 11) is 0. The summed E-state index contributed by atoms with van der Waals surface area (Å²) in [6.45, 7) is 0. The monoisotopic (exact) mass is 190 g/mol. The molecule has 0 saturated heterocycles. The van der Waals surface area contributed by atoms with Gasteiger partial charge in [0.15, 0.2) is 0 Å². The van der Waals surface area contributed by atoms with Crippen molar-refractivity contribution in [2.75, 3.05) is 0 Å². The molecule has 9 heavy (non-hydrogen) atoms. The lowest BCUT2D eigenvalue weighted by molar-refractivity contribution is -0.389. The number of hydrogen-bond donors (Lipinski definition) is 0. The van der Waals surface area contributed by atoms with Crippen LogP contribution in [0.1, 0.15) is 0 Å². The van der Waals surface area contributed by atoms with Gasteiger partial charge in [-0.05, 0) is 9.53 Å². The highest BCUT2D eigenvalue weighted by atomic mass is 79.9. The van der Waals surface area contributed by atoms with Gasteiger partial charge in [-0.2, -0.15) is 0 Å². The standard InChI is InChI=1S/C3HBrN3O2/c4-2-1-3(6-5-2)7(8)9/h1H/q-1. The third kappa shape index (κ3) is 1.26. The van der Waals surface area contributed by atoms with E-state index in [-0.39, 0.29) is 5.82 Å². The molecule has 0 unspecified atom stereocenters. The average molecular weight is 191 g/mol. The Hall–Kier alpha value is -0.910. The number of aromatic nitrogens is 2. The van der Waals surface area contributed by atoms with Crippen molar-refractivity contribution in [1.82, 2.24) is 10.2 Å². The summed E-state index contributed by atoms with van der Waals surface area (Å²) in [6, 6.07) is 1.24. The highest BCUT2D eigenvalue weighted by Gasteiger charge is 2.00. The van der Waals surface area contributed by atoms with Gasteiger partial charge in [0.1, 0.15) is 0 Å². The first-order valence-electron chi connectivity index (χ1n) is 2.00. The van der Waals surface area contributed by atoms with Gasteiger partial charge >= 0.3 is 5.82 Å². The Morgan fingerprint density at radius 3 is 2.78 bits per heavy atom. The van der Waals surface area contributed by atoms with Crippen LogP contribution in [0.3, 0.4) is 0 Å². The van der Waals surface area contributed by atoms with Crippen LogP contribution in [0, 0.1) is 10.1 Å². The van der Waals surface area contributed by atoms with E-state index in [1.165, 1.54) is 6.07 Å². The smallest absolute Gasteiger partial charge is 0.348 e. The van der Waals surface area contributed by atoms with Crippen LogP contribution in [-0.4, -0.2) is 10.0 Å². The Bertz CT molecular complexity index is 233. The van der Waals surface area contributed by atoms with E-state index in [4.69, 9.17) is 0 Å². The van der Waals surface area contributed by atoms with Crippen LogP contribution < -0.4 is 5.10 Å². The van der Waals surface area contributed by atoms with Gasteiger partial charge in [0.25, 0.3) is 0 Å². The van der Waals surface area contributed by atoms with E-state index in [0.717, 1.165) is 0 Å². The molecule has 0 spiro atoms. The number of halogens is 1. The summed E-state index contributed by atoms with van der Waals surface area (Å²) < 4.78 is 0.384. The lowest BCUT2D eigenvalue weighted by Gasteiger charge is -1.83. The van der Waals surface area contributed by atoms with E-state index in [1.807, 2.05) is 0 Å². The quantitative estimate of drug-likeness (QED) is 0.484. The van der Waals surface area contributed by atoms with E-state index in [2.05, 4.69) is 26.1 Å². The van der Waals surface area contributed by atoms with Gasteiger partial charge in [0, 0.05) is 6.07 Å². The van der Waals surface area contributed by atoms with Crippen molar-refractivity contribution in [2.24, 2.45) is 0 Å². The Balaban J connectivity index is 2.98. The molecule has 0 bridgehead atoms. The van der Waals surface area contributed by atoms with Crippen LogP contribution in [0.2, 0.25) is 0 Å². The Morgan fingerprint density at radius 2 is 2.56 bits per heavy atom. The van der Waals surface area contributed by atoms with Crippen LogP contribution in [0.5, 0.6) is 0 Å². The molecule has 6 heteroatoms. The second-order valence-corrected chi connectivity index (χ2v) is 2.09. The van der Waals surface area contributed by atoms with Gasteiger partial charge in [-0.15, -0.1) is 5.10 Å². The number of nitro groups is 1. The summed E-state index contributed by atoms with van der Waals surface area (Å²) in [5.74, 6) is -0.234. The molecule has 48 valence electrons. The molecule has 0 aliphatic carbocycles. The molecule has 0 aliphatic rings. The van der Waals surface area contributed by atoms with Crippen LogP contribution in [0.15, 0.2) is 10.7 Å². The number of hydrogen-bond acceptors (Lipinski definition) is 3. The van der Waals surface area contributed by atoms with E-state index in [0.29, 0.717) is 4.60 Å². The fourth-order valence-corrected chi connectivity index (χ4v) is 0.637. The maximum Gasteiger partial charge on any atom is 0.348 e. The maximum absolute atomic E-state index is 9.90. The second-order valence-electron chi connectivity index (χ2n) is 1.28. The highest BCUT2D eigenvalue weighted by Crippen LogP contribution is 2.11. The molecule has 1 aromatic heterocycles. The molecule has 1 rings (SSSR count). The zero-order valence-corrected chi connectivity index (χ0v) is 5.70. The van der Waals surface area contributed by atoms with Gasteiger partial charge in [0.2, 0.25) is 0 Å². The predicted octanol–water partition coefficient (Wildman–Crippen LogP) is 0.710. The van der Waals surface area contributed by atoms with Crippen LogP contribution >= 0.6 is 15.9 Å². The molecule has 5 nitrogen and oxygen atoms in total. The zero-order chi connectivity index (χ0) is 6.85. The molecule has 0 atom stereocenters. The first kappa shape index (κ1) is 6.21. The average Bonchev–Trinajstić information content (AvgIpc) is 2.14. The third-order valence-electron chi connectivity index (χ3n) is 0.683. The van der Waals surface area contributed by atoms with Crippen molar-refractivity contribution in [3.63, 3.8) is 0 Å². The van der Waals surface area contributed by atoms with Crippen molar-refractivity contribution in [1.29, 1.82) is 0 Å². The fourth-order valence-electron chi connectivity index (χ4n) is 0.352. The zero-order valence-electron chi connectivity index (χ0n) is 4.11. The molecule has 0 radical (unpaired) electrons. The Kier molecular flexibility index (Phi) is 1.48. The van der Waals surface area contributed by atoms with Crippen molar-refractivity contribution in [3.05, 3.63) is 20.8 Å². The minimum absolute atomic E-state index is 0.234. The molecular formula is C3HBrN3O2-. The van der Waals surface area contributed by atoms with E-state index >= 15 is 0 Å². The highest BCUT2D eigenvalue weighted by molar-refractivity contribution is 9.10. The number of nitrogens with zero attached hydrogens (tertiary/aromatic N) is 3. The Labute approximate surface area is 58.3 Å². The maximum atomic E-state index is 9.90. The van der Waals surface area contributed by atoms with Gasteiger partial charge in [-0.1, -0.05) is 15.9 Å². The van der Waals surface area contributed by atoms with Crippen LogP contribution in [-0.2, 0) is 0 Å². The van der Waals surface area contributed by atoms with E-state index in [9.17, 15) is 10.1 Å². The van der Waals surface area contributed by atoms with Gasteiger partial charge < -0.3 is 15.2 Å². The molecule has 0 aliphatic heterocycles. The Morgan fingerprint density at radius 1 is 1.89 bits per heavy atom. The molecule has 0 fully saturated rings. The summed E-state index contributed by atoms with van der Waals surface area (Å²) in [6.07, 6.45) is 0. The molecule has 1 aromatic rings. The number of rotatable bonds is 1. The SMILES string of the molecule is O=[N+]([O-])c1cc(Br)[n-]n1. The summed E-state index contributed by atoms with van der Waals surface area (Å²) in [5.41, 5.74) is 0. The van der Waals surface area contributed by atoms with Gasteiger partial charge in [0.05, 0.1) is 0 Å². The summed E-state index contributed by atoms with van der Waals surface area (Å²) >= 11 is 2.92. The first-order valence-corrected chi connectivity index (χ1v) is 2.80. The lowest BCUT2D eigenvalue weighted by Crippen LogP contribution is -1.86. The third-order valence-corrected chi connectivity index (χ3v) is 1.07. The largest absolute Gasteiger partial charge is 0.448 e. The lowest BCUT2D eigenvalue weighted by atomic mass is 10.7. The molecule has 0 N–H and O–H groups in total. The summed E-state index contributed by atoms with van der Waals surface area (Å²) in [5, 5.41) is 16.5. The van der Waals surface area contributed by atoms with Crippen molar-refractivity contribution in [2.45, 2.75) is 0 Å². The minimum atomic E-state index is -0.599. The molecule has 0 aromatic carbocycles. The van der Waals surface area contributed by atoms with E-state index in [1.54, 1.807) is 0 Å². The van der Waals surface area contributed by atoms with Crippen LogP contribution in [0.25, 0.3) is 0 Å². The van der Waals surface area contributed by atoms with Crippen molar-refractivity contribution >= 4 is 21.7 Å². The van der Waals surface area contributed by atoms with Gasteiger partial charge in [-0.3, -0.25) is 0 Å². The topological polar surface area (TPSA) is 70.1 Å². The molecule has 1 heterocycles. The van der Waals surface area contributed by atoms with Crippen molar-refractivity contribution in [3.8, 4) is 0 Å². The minimum Gasteiger partial charge on any atom is -0.448 e. The summed E-state index contributed by atoms with van der Waals surface area (Å²) in [4.78, 5) is 9.30. The van der Waals surface area contributed by atoms with Gasteiger partial charge in [-0.25, -0.2) is 0 Å². The normalized spacial score (nSPS) is 9.44. The molecule has 0 amide bonds. The molecule has 0 saturated carbocycles. The first-order chi connectivity index (χ1) is 4.20. The van der Waals surface area contributed by atoms with E-state index < -0.39 is 4.92 Å². The van der Waals surface area contributed by atoms with Crippen LogP contribution in [0.4, 0.5) is 5.82 Å². The molecular weight excluding hydrogens is 190 g/mol. The van der Waals surface area contributed by atoms with Crippen molar-refractivity contribution < 1.29 is 4.92 Å². The predicted molar refractivity (Wildman–Crippen MR) is 31.9 cm³/mol. The fraction of sp³-hybridized carbons (Fsp3) is 0. The second kappa shape index (κ2) is 2.14.